The number of hydrogen-bond acceptors (Lipinski definition) is 5. The molecule has 1 amide bonds. The van der Waals surface area contributed by atoms with E-state index in [-0.39, 0.29) is 5.91 Å². The number of amides is 1. The van der Waals surface area contributed by atoms with E-state index >= 15 is 0 Å². The molecule has 0 fully saturated rings. The van der Waals surface area contributed by atoms with Gasteiger partial charge >= 0.3 is 0 Å². The first-order valence-electron chi connectivity index (χ1n) is 7.07. The van der Waals surface area contributed by atoms with Crippen molar-refractivity contribution in [3.63, 3.8) is 0 Å². The summed E-state index contributed by atoms with van der Waals surface area (Å²) in [5, 5.41) is 5.85. The number of nitrogens with zero attached hydrogens (tertiary/aromatic N) is 2. The molecule has 0 saturated heterocycles. The Bertz CT molecular complexity index is 614. The molecule has 6 nitrogen and oxygen atoms in total. The van der Waals surface area contributed by atoms with E-state index in [4.69, 9.17) is 4.74 Å². The van der Waals surface area contributed by atoms with Gasteiger partial charge in [-0.25, -0.2) is 9.97 Å². The molecule has 0 saturated carbocycles. The minimum atomic E-state index is -0.206. The summed E-state index contributed by atoms with van der Waals surface area (Å²) in [5.74, 6) is 0.289. The Morgan fingerprint density at radius 3 is 2.73 bits per heavy atom. The van der Waals surface area contributed by atoms with Crippen LogP contribution in [0.1, 0.15) is 21.5 Å². The average Bonchev–Trinajstić information content (AvgIpc) is 2.54. The van der Waals surface area contributed by atoms with Crippen LogP contribution in [0.3, 0.4) is 0 Å². The molecular weight excluding hydrogens is 280 g/mol. The van der Waals surface area contributed by atoms with Gasteiger partial charge in [-0.15, -0.1) is 0 Å². The van der Waals surface area contributed by atoms with Crippen LogP contribution in [0.2, 0.25) is 0 Å². The lowest BCUT2D eigenvalue weighted by Gasteiger charge is -2.07. The van der Waals surface area contributed by atoms with Gasteiger partial charge in [0, 0.05) is 32.6 Å². The Kier molecular flexibility index (Phi) is 5.85. The van der Waals surface area contributed by atoms with Crippen molar-refractivity contribution in [2.24, 2.45) is 0 Å². The van der Waals surface area contributed by atoms with Gasteiger partial charge in [0.2, 0.25) is 5.95 Å². The number of carbonyl (C=O) groups excluding carboxylic acids is 1. The molecule has 116 valence electrons. The summed E-state index contributed by atoms with van der Waals surface area (Å²) in [7, 11) is 1.59. The Morgan fingerprint density at radius 2 is 2.05 bits per heavy atom. The minimum absolute atomic E-state index is 0.206. The summed E-state index contributed by atoms with van der Waals surface area (Å²) < 4.78 is 4.87. The Balaban J connectivity index is 1.87. The van der Waals surface area contributed by atoms with Crippen LogP contribution in [0.5, 0.6) is 0 Å². The van der Waals surface area contributed by atoms with Crippen molar-refractivity contribution in [3.05, 3.63) is 53.3 Å². The van der Waals surface area contributed by atoms with Gasteiger partial charge in [0.05, 0.1) is 12.2 Å². The zero-order valence-corrected chi connectivity index (χ0v) is 12.8. The van der Waals surface area contributed by atoms with E-state index in [1.807, 2.05) is 12.1 Å². The number of aromatic nitrogens is 2. The fourth-order valence-electron chi connectivity index (χ4n) is 1.91. The quantitative estimate of drug-likeness (QED) is 0.762. The first kappa shape index (κ1) is 15.9. The zero-order chi connectivity index (χ0) is 15.8. The summed E-state index contributed by atoms with van der Waals surface area (Å²) in [6.45, 7) is 3.63. The third kappa shape index (κ3) is 4.82. The van der Waals surface area contributed by atoms with Gasteiger partial charge in [-0.05, 0) is 12.5 Å². The molecule has 0 aliphatic heterocycles. The fourth-order valence-corrected chi connectivity index (χ4v) is 1.91. The van der Waals surface area contributed by atoms with Crippen molar-refractivity contribution < 1.29 is 9.53 Å². The number of rotatable bonds is 7. The predicted molar refractivity (Wildman–Crippen MR) is 84.7 cm³/mol. The number of anilines is 1. The summed E-state index contributed by atoms with van der Waals surface area (Å²) in [6.07, 6.45) is 3.02. The van der Waals surface area contributed by atoms with Crippen LogP contribution >= 0.6 is 0 Å². The molecule has 0 unspecified atom stereocenters. The van der Waals surface area contributed by atoms with Crippen LogP contribution in [0, 0.1) is 6.92 Å². The van der Waals surface area contributed by atoms with Crippen molar-refractivity contribution in [2.75, 3.05) is 25.6 Å². The molecule has 0 radical (unpaired) electrons. The van der Waals surface area contributed by atoms with Gasteiger partial charge in [0.1, 0.15) is 0 Å². The Morgan fingerprint density at radius 1 is 1.27 bits per heavy atom. The molecule has 1 aromatic carbocycles. The number of nitrogens with one attached hydrogen (secondary N) is 2. The van der Waals surface area contributed by atoms with Crippen molar-refractivity contribution >= 4 is 11.9 Å². The highest BCUT2D eigenvalue weighted by molar-refractivity contribution is 5.93. The van der Waals surface area contributed by atoms with Crippen molar-refractivity contribution in [1.82, 2.24) is 15.3 Å². The van der Waals surface area contributed by atoms with E-state index in [0.717, 1.165) is 5.56 Å². The third-order valence-electron chi connectivity index (χ3n) is 3.04. The molecule has 0 bridgehead atoms. The summed E-state index contributed by atoms with van der Waals surface area (Å²) in [5.41, 5.74) is 2.80. The molecule has 0 aliphatic rings. The number of carbonyl (C=O) groups is 1. The summed E-state index contributed by atoms with van der Waals surface area (Å²) in [6, 6.07) is 8.21. The number of aryl methyl sites for hydroxylation is 1. The predicted octanol–water partition coefficient (Wildman–Crippen LogP) is 1.77. The topological polar surface area (TPSA) is 76.1 Å². The normalized spacial score (nSPS) is 10.3. The van der Waals surface area contributed by atoms with Gasteiger partial charge < -0.3 is 15.4 Å². The Hall–Kier alpha value is -2.47. The largest absolute Gasteiger partial charge is 0.383 e. The van der Waals surface area contributed by atoms with E-state index in [9.17, 15) is 4.79 Å². The van der Waals surface area contributed by atoms with Crippen molar-refractivity contribution in [2.45, 2.75) is 13.5 Å². The highest BCUT2D eigenvalue weighted by Crippen LogP contribution is 2.07. The molecule has 22 heavy (non-hydrogen) atoms. The lowest BCUT2D eigenvalue weighted by atomic mass is 10.1. The monoisotopic (exact) mass is 300 g/mol. The molecule has 1 heterocycles. The highest BCUT2D eigenvalue weighted by atomic mass is 16.5. The van der Waals surface area contributed by atoms with Crippen LogP contribution in [-0.2, 0) is 11.3 Å². The van der Waals surface area contributed by atoms with E-state index in [0.29, 0.717) is 31.2 Å². The fraction of sp³-hybridized carbons (Fsp3) is 0.312. The van der Waals surface area contributed by atoms with Gasteiger partial charge in [-0.1, -0.05) is 29.8 Å². The number of hydrogen-bond donors (Lipinski definition) is 2. The van der Waals surface area contributed by atoms with Crippen LogP contribution in [0.15, 0.2) is 36.7 Å². The smallest absolute Gasteiger partial charge is 0.254 e. The lowest BCUT2D eigenvalue weighted by molar-refractivity contribution is 0.0936. The summed E-state index contributed by atoms with van der Waals surface area (Å²) in [4.78, 5) is 20.1. The van der Waals surface area contributed by atoms with E-state index in [1.165, 1.54) is 18.0 Å². The van der Waals surface area contributed by atoms with Crippen molar-refractivity contribution in [3.8, 4) is 0 Å². The molecule has 6 heteroatoms. The molecule has 0 spiro atoms. The van der Waals surface area contributed by atoms with Crippen LogP contribution in [0.4, 0.5) is 5.95 Å². The third-order valence-corrected chi connectivity index (χ3v) is 3.04. The minimum Gasteiger partial charge on any atom is -0.383 e. The maximum Gasteiger partial charge on any atom is 0.254 e. The van der Waals surface area contributed by atoms with Gasteiger partial charge in [0.15, 0.2) is 0 Å². The first-order valence-corrected chi connectivity index (χ1v) is 7.07. The highest BCUT2D eigenvalue weighted by Gasteiger charge is 2.06. The zero-order valence-electron chi connectivity index (χ0n) is 12.8. The lowest BCUT2D eigenvalue weighted by Crippen LogP contribution is -2.27. The molecule has 2 rings (SSSR count). The van der Waals surface area contributed by atoms with Crippen molar-refractivity contribution in [1.29, 1.82) is 0 Å². The SMILES string of the molecule is COCCNC(=O)c1cnc(NCc2cccc(C)c2)nc1. The second-order valence-electron chi connectivity index (χ2n) is 4.89. The number of ether oxygens (including phenoxy) is 1. The molecular formula is C16H20N4O2. The van der Waals surface area contributed by atoms with E-state index in [2.05, 4.69) is 39.7 Å². The molecule has 0 atom stereocenters. The summed E-state index contributed by atoms with van der Waals surface area (Å²) >= 11 is 0. The van der Waals surface area contributed by atoms with Gasteiger partial charge in [-0.2, -0.15) is 0 Å². The van der Waals surface area contributed by atoms with Crippen LogP contribution in [-0.4, -0.2) is 36.1 Å². The Labute approximate surface area is 129 Å². The standard InChI is InChI=1S/C16H20N4O2/c1-12-4-3-5-13(8-12)9-18-16-19-10-14(11-20-16)15(21)17-6-7-22-2/h3-5,8,10-11H,6-7,9H2,1-2H3,(H,17,21)(H,18,19,20). The van der Waals surface area contributed by atoms with Crippen LogP contribution < -0.4 is 10.6 Å². The second-order valence-corrected chi connectivity index (χ2v) is 4.89. The molecule has 0 aliphatic carbocycles. The van der Waals surface area contributed by atoms with E-state index in [1.54, 1.807) is 7.11 Å². The van der Waals surface area contributed by atoms with Crippen LogP contribution in [0.25, 0.3) is 0 Å². The molecule has 1 aromatic heterocycles. The first-order chi connectivity index (χ1) is 10.7. The van der Waals surface area contributed by atoms with Gasteiger partial charge in [-0.3, -0.25) is 4.79 Å². The van der Waals surface area contributed by atoms with E-state index < -0.39 is 0 Å². The maximum absolute atomic E-state index is 11.8. The average molecular weight is 300 g/mol. The second kappa shape index (κ2) is 8.09. The molecule has 2 aromatic rings. The maximum atomic E-state index is 11.8. The number of benzene rings is 1. The number of methoxy groups -OCH3 is 1. The van der Waals surface area contributed by atoms with Gasteiger partial charge in [0.25, 0.3) is 5.91 Å². The molecule has 2 N–H and O–H groups in total.